The maximum Gasteiger partial charge on any atom is 0.107 e. The predicted molar refractivity (Wildman–Crippen MR) is 82.6 cm³/mol. The Kier molecular flexibility index (Phi) is 4.28. The van der Waals surface area contributed by atoms with Gasteiger partial charge in [-0.1, -0.05) is 30.7 Å². The van der Waals surface area contributed by atoms with Gasteiger partial charge in [0.2, 0.25) is 0 Å². The van der Waals surface area contributed by atoms with Crippen LogP contribution in [0.1, 0.15) is 55.8 Å². The highest BCUT2D eigenvalue weighted by molar-refractivity contribution is 5.31. The Bertz CT molecular complexity index is 536. The van der Waals surface area contributed by atoms with Gasteiger partial charge in [-0.2, -0.15) is 5.26 Å². The van der Waals surface area contributed by atoms with E-state index in [1.165, 1.54) is 24.0 Å². The second-order valence-corrected chi connectivity index (χ2v) is 6.48. The molecule has 3 atom stereocenters. The normalized spacial score (nSPS) is 31.6. The van der Waals surface area contributed by atoms with Crippen molar-refractivity contribution in [3.63, 3.8) is 0 Å². The van der Waals surface area contributed by atoms with Crippen molar-refractivity contribution in [1.29, 1.82) is 5.26 Å². The highest BCUT2D eigenvalue weighted by atomic mass is 16.5. The first-order valence-electron chi connectivity index (χ1n) is 8.12. The standard InChI is InChI=1S/C18H24N2O/c19-13-18(20)11-4-7-15(18)10-12-21-17-9-3-6-14-5-1-2-8-16(14)17/h1-2,5,8,15,17H,3-4,6-7,9-12,20H2. The second-order valence-electron chi connectivity index (χ2n) is 6.48. The highest BCUT2D eigenvalue weighted by Crippen LogP contribution is 2.37. The van der Waals surface area contributed by atoms with Crippen LogP contribution in [0.5, 0.6) is 0 Å². The third-order valence-electron chi connectivity index (χ3n) is 5.18. The van der Waals surface area contributed by atoms with Crippen LogP contribution in [0.4, 0.5) is 0 Å². The summed E-state index contributed by atoms with van der Waals surface area (Å²) in [6.07, 6.45) is 7.57. The lowest BCUT2D eigenvalue weighted by molar-refractivity contribution is 0.0303. The van der Waals surface area contributed by atoms with Crippen molar-refractivity contribution in [3.8, 4) is 6.07 Å². The monoisotopic (exact) mass is 284 g/mol. The topological polar surface area (TPSA) is 59.0 Å². The van der Waals surface area contributed by atoms with Gasteiger partial charge < -0.3 is 10.5 Å². The van der Waals surface area contributed by atoms with Gasteiger partial charge in [0.15, 0.2) is 0 Å². The van der Waals surface area contributed by atoms with Gasteiger partial charge in [-0.05, 0) is 55.6 Å². The van der Waals surface area contributed by atoms with E-state index in [-0.39, 0.29) is 6.10 Å². The number of nitriles is 1. The fourth-order valence-electron chi connectivity index (χ4n) is 3.89. The van der Waals surface area contributed by atoms with Gasteiger partial charge in [0.25, 0.3) is 0 Å². The molecule has 3 nitrogen and oxygen atoms in total. The average Bonchev–Trinajstić information content (AvgIpc) is 2.89. The van der Waals surface area contributed by atoms with Crippen LogP contribution in [0.25, 0.3) is 0 Å². The Morgan fingerprint density at radius 2 is 2.14 bits per heavy atom. The number of hydrogen-bond donors (Lipinski definition) is 1. The van der Waals surface area contributed by atoms with Crippen LogP contribution in [0.15, 0.2) is 24.3 Å². The number of fused-ring (bicyclic) bond motifs is 1. The Labute approximate surface area is 127 Å². The Hall–Kier alpha value is -1.37. The van der Waals surface area contributed by atoms with Crippen LogP contribution in [-0.2, 0) is 11.2 Å². The average molecular weight is 284 g/mol. The van der Waals surface area contributed by atoms with Crippen LogP contribution in [0.3, 0.4) is 0 Å². The summed E-state index contributed by atoms with van der Waals surface area (Å²) >= 11 is 0. The zero-order valence-electron chi connectivity index (χ0n) is 12.6. The van der Waals surface area contributed by atoms with E-state index in [4.69, 9.17) is 10.5 Å². The van der Waals surface area contributed by atoms with E-state index >= 15 is 0 Å². The molecule has 0 aromatic heterocycles. The predicted octanol–water partition coefficient (Wildman–Crippen LogP) is 3.49. The minimum atomic E-state index is -0.617. The van der Waals surface area contributed by atoms with Crippen molar-refractivity contribution in [2.24, 2.45) is 11.7 Å². The van der Waals surface area contributed by atoms with E-state index in [1.807, 2.05) is 0 Å². The van der Waals surface area contributed by atoms with Gasteiger partial charge in [-0.15, -0.1) is 0 Å². The molecule has 0 spiro atoms. The molecule has 3 unspecified atom stereocenters. The van der Waals surface area contributed by atoms with Gasteiger partial charge in [0.1, 0.15) is 5.54 Å². The van der Waals surface area contributed by atoms with Crippen LogP contribution < -0.4 is 5.73 Å². The molecule has 0 heterocycles. The molecule has 1 fully saturated rings. The zero-order valence-corrected chi connectivity index (χ0v) is 12.6. The van der Waals surface area contributed by atoms with Crippen molar-refractivity contribution in [2.75, 3.05) is 6.61 Å². The molecule has 21 heavy (non-hydrogen) atoms. The summed E-state index contributed by atoms with van der Waals surface area (Å²) in [6, 6.07) is 10.9. The smallest absolute Gasteiger partial charge is 0.107 e. The van der Waals surface area contributed by atoms with Crippen molar-refractivity contribution in [3.05, 3.63) is 35.4 Å². The van der Waals surface area contributed by atoms with Crippen LogP contribution in [0, 0.1) is 17.2 Å². The maximum atomic E-state index is 9.26. The van der Waals surface area contributed by atoms with Crippen LogP contribution in [0.2, 0.25) is 0 Å². The number of ether oxygens (including phenoxy) is 1. The number of nitrogens with two attached hydrogens (primary N) is 1. The summed E-state index contributed by atoms with van der Waals surface area (Å²) in [4.78, 5) is 0. The van der Waals surface area contributed by atoms with E-state index in [0.29, 0.717) is 12.5 Å². The molecule has 0 bridgehead atoms. The van der Waals surface area contributed by atoms with Crippen molar-refractivity contribution < 1.29 is 4.74 Å². The van der Waals surface area contributed by atoms with E-state index < -0.39 is 5.54 Å². The summed E-state index contributed by atoms with van der Waals surface area (Å²) in [5.74, 6) is 0.293. The lowest BCUT2D eigenvalue weighted by Crippen LogP contribution is -2.42. The van der Waals surface area contributed by atoms with Crippen molar-refractivity contribution >= 4 is 0 Å². The van der Waals surface area contributed by atoms with E-state index in [1.54, 1.807) is 0 Å². The molecular weight excluding hydrogens is 260 g/mol. The molecule has 1 aromatic carbocycles. The fourth-order valence-corrected chi connectivity index (χ4v) is 3.89. The first-order chi connectivity index (χ1) is 10.2. The summed E-state index contributed by atoms with van der Waals surface area (Å²) in [7, 11) is 0. The fraction of sp³-hybridized carbons (Fsp3) is 0.611. The van der Waals surface area contributed by atoms with Gasteiger partial charge in [0.05, 0.1) is 12.2 Å². The minimum absolute atomic E-state index is 0.227. The number of rotatable bonds is 4. The van der Waals surface area contributed by atoms with E-state index in [2.05, 4.69) is 30.3 Å². The molecule has 3 rings (SSSR count). The Morgan fingerprint density at radius 1 is 1.29 bits per heavy atom. The highest BCUT2D eigenvalue weighted by Gasteiger charge is 2.39. The third kappa shape index (κ3) is 2.97. The Balaban J connectivity index is 1.56. The molecule has 0 amide bonds. The van der Waals surface area contributed by atoms with Gasteiger partial charge in [-0.3, -0.25) is 0 Å². The summed E-state index contributed by atoms with van der Waals surface area (Å²) in [5.41, 5.74) is 8.35. The molecular formula is C18H24N2O. The lowest BCUT2D eigenvalue weighted by atomic mass is 9.87. The first-order valence-corrected chi connectivity index (χ1v) is 8.12. The number of hydrogen-bond acceptors (Lipinski definition) is 3. The largest absolute Gasteiger partial charge is 0.374 e. The molecule has 1 aromatic rings. The molecule has 0 aliphatic heterocycles. The third-order valence-corrected chi connectivity index (χ3v) is 5.18. The molecule has 2 aliphatic rings. The van der Waals surface area contributed by atoms with E-state index in [0.717, 1.165) is 32.1 Å². The molecule has 112 valence electrons. The first kappa shape index (κ1) is 14.6. The Morgan fingerprint density at radius 3 is 3.00 bits per heavy atom. The quantitative estimate of drug-likeness (QED) is 0.920. The molecule has 0 radical (unpaired) electrons. The number of aryl methyl sites for hydroxylation is 1. The summed E-state index contributed by atoms with van der Waals surface area (Å²) < 4.78 is 6.14. The molecule has 2 N–H and O–H groups in total. The number of nitrogens with zero attached hydrogens (tertiary/aromatic N) is 1. The molecule has 1 saturated carbocycles. The second kappa shape index (κ2) is 6.17. The van der Waals surface area contributed by atoms with Crippen molar-refractivity contribution in [2.45, 2.75) is 56.6 Å². The van der Waals surface area contributed by atoms with Gasteiger partial charge in [0, 0.05) is 6.61 Å². The van der Waals surface area contributed by atoms with Gasteiger partial charge in [-0.25, -0.2) is 0 Å². The maximum absolute atomic E-state index is 9.26. The summed E-state index contributed by atoms with van der Waals surface area (Å²) in [6.45, 7) is 0.713. The van der Waals surface area contributed by atoms with Crippen LogP contribution in [-0.4, -0.2) is 12.1 Å². The number of benzene rings is 1. The van der Waals surface area contributed by atoms with Gasteiger partial charge >= 0.3 is 0 Å². The van der Waals surface area contributed by atoms with Crippen LogP contribution >= 0.6 is 0 Å². The SMILES string of the molecule is N#CC1(N)CCCC1CCOC1CCCc2ccccc21. The summed E-state index contributed by atoms with van der Waals surface area (Å²) in [5, 5.41) is 9.26. The molecule has 2 aliphatic carbocycles. The molecule has 0 saturated heterocycles. The zero-order chi connectivity index (χ0) is 14.7. The van der Waals surface area contributed by atoms with E-state index in [9.17, 15) is 5.26 Å². The minimum Gasteiger partial charge on any atom is -0.374 e. The molecule has 3 heteroatoms. The lowest BCUT2D eigenvalue weighted by Gasteiger charge is -2.28. The van der Waals surface area contributed by atoms with Crippen molar-refractivity contribution in [1.82, 2.24) is 0 Å².